The third-order valence-electron chi connectivity index (χ3n) is 1.82. The van der Waals surface area contributed by atoms with E-state index in [1.165, 1.54) is 12.8 Å². The van der Waals surface area contributed by atoms with Crippen LogP contribution in [0.1, 0.15) is 30.4 Å². The van der Waals surface area contributed by atoms with Gasteiger partial charge in [0.15, 0.2) is 0 Å². The maximum atomic E-state index is 5.52. The molecule has 1 heterocycles. The third-order valence-corrected chi connectivity index (χ3v) is 2.35. The Bertz CT molecular complexity index is 242. The van der Waals surface area contributed by atoms with Crippen LogP contribution in [-0.2, 0) is 5.75 Å². The predicted molar refractivity (Wildman–Crippen MR) is 45.7 cm³/mol. The number of thioether (sulfide) groups is 1. The summed E-state index contributed by atoms with van der Waals surface area (Å²) in [5.41, 5.74) is 0. The van der Waals surface area contributed by atoms with Crippen molar-refractivity contribution in [3.05, 3.63) is 17.8 Å². The van der Waals surface area contributed by atoms with Crippen molar-refractivity contribution in [2.45, 2.75) is 24.5 Å². The van der Waals surface area contributed by atoms with E-state index in [0.717, 1.165) is 17.4 Å². The van der Waals surface area contributed by atoms with E-state index >= 15 is 0 Å². The van der Waals surface area contributed by atoms with Gasteiger partial charge in [-0.15, -0.1) is 0 Å². The normalized spacial score (nSPS) is 17.2. The standard InChI is InChI=1S/C8H11NOS/c1-11-5-8-9-4-7(10-8)6-2-3-6/h4,6H,2-3,5H2,1H3. The van der Waals surface area contributed by atoms with E-state index in [2.05, 4.69) is 11.2 Å². The molecule has 0 saturated heterocycles. The van der Waals surface area contributed by atoms with Crippen LogP contribution < -0.4 is 0 Å². The van der Waals surface area contributed by atoms with Crippen molar-refractivity contribution in [1.29, 1.82) is 0 Å². The van der Waals surface area contributed by atoms with E-state index in [1.807, 2.05) is 6.20 Å². The van der Waals surface area contributed by atoms with Crippen LogP contribution in [0.3, 0.4) is 0 Å². The van der Waals surface area contributed by atoms with Gasteiger partial charge in [0.1, 0.15) is 5.76 Å². The van der Waals surface area contributed by atoms with Crippen LogP contribution in [0.4, 0.5) is 0 Å². The molecule has 1 aliphatic carbocycles. The average Bonchev–Trinajstić information content (AvgIpc) is 2.75. The van der Waals surface area contributed by atoms with Gasteiger partial charge in [0.25, 0.3) is 0 Å². The van der Waals surface area contributed by atoms with Crippen molar-refractivity contribution < 1.29 is 4.42 Å². The number of aromatic nitrogens is 1. The molecule has 0 bridgehead atoms. The zero-order valence-electron chi connectivity index (χ0n) is 6.54. The molecule has 1 saturated carbocycles. The van der Waals surface area contributed by atoms with Crippen LogP contribution in [0.15, 0.2) is 10.6 Å². The van der Waals surface area contributed by atoms with Gasteiger partial charge in [0, 0.05) is 5.92 Å². The predicted octanol–water partition coefficient (Wildman–Crippen LogP) is 2.42. The Morgan fingerprint density at radius 1 is 1.73 bits per heavy atom. The van der Waals surface area contributed by atoms with Gasteiger partial charge < -0.3 is 4.42 Å². The second-order valence-corrected chi connectivity index (χ2v) is 3.73. The van der Waals surface area contributed by atoms with Crippen molar-refractivity contribution in [2.24, 2.45) is 0 Å². The molecule has 3 heteroatoms. The SMILES string of the molecule is CSCc1ncc(C2CC2)o1. The number of oxazole rings is 1. The van der Waals surface area contributed by atoms with Gasteiger partial charge in [0.2, 0.25) is 5.89 Å². The van der Waals surface area contributed by atoms with Gasteiger partial charge in [-0.2, -0.15) is 11.8 Å². The molecular weight excluding hydrogens is 158 g/mol. The van der Waals surface area contributed by atoms with Crippen molar-refractivity contribution in [1.82, 2.24) is 4.98 Å². The van der Waals surface area contributed by atoms with Gasteiger partial charge in [-0.3, -0.25) is 0 Å². The fraction of sp³-hybridized carbons (Fsp3) is 0.625. The molecule has 0 amide bonds. The summed E-state index contributed by atoms with van der Waals surface area (Å²) in [6.45, 7) is 0. The first-order valence-corrected chi connectivity index (χ1v) is 5.23. The fourth-order valence-corrected chi connectivity index (χ4v) is 1.45. The quantitative estimate of drug-likeness (QED) is 0.695. The monoisotopic (exact) mass is 169 g/mol. The van der Waals surface area contributed by atoms with Gasteiger partial charge in [0.05, 0.1) is 11.9 Å². The fourth-order valence-electron chi connectivity index (χ4n) is 1.07. The summed E-state index contributed by atoms with van der Waals surface area (Å²) in [5.74, 6) is 3.55. The van der Waals surface area contributed by atoms with E-state index < -0.39 is 0 Å². The molecule has 0 aromatic carbocycles. The highest BCUT2D eigenvalue weighted by Crippen LogP contribution is 2.40. The summed E-state index contributed by atoms with van der Waals surface area (Å²) in [6, 6.07) is 0. The summed E-state index contributed by atoms with van der Waals surface area (Å²) < 4.78 is 5.52. The maximum absolute atomic E-state index is 5.52. The molecule has 2 nitrogen and oxygen atoms in total. The van der Waals surface area contributed by atoms with Crippen molar-refractivity contribution in [3.8, 4) is 0 Å². The molecule has 0 atom stereocenters. The van der Waals surface area contributed by atoms with Crippen molar-refractivity contribution >= 4 is 11.8 Å². The smallest absolute Gasteiger partial charge is 0.204 e. The molecule has 0 spiro atoms. The first kappa shape index (κ1) is 7.22. The summed E-state index contributed by atoms with van der Waals surface area (Å²) in [4.78, 5) is 4.18. The largest absolute Gasteiger partial charge is 0.445 e. The Balaban J connectivity index is 2.06. The van der Waals surface area contributed by atoms with Crippen molar-refractivity contribution in [2.75, 3.05) is 6.26 Å². The number of rotatable bonds is 3. The van der Waals surface area contributed by atoms with E-state index in [0.29, 0.717) is 5.92 Å². The summed E-state index contributed by atoms with van der Waals surface area (Å²) in [5, 5.41) is 0. The molecule has 2 rings (SSSR count). The van der Waals surface area contributed by atoms with Gasteiger partial charge >= 0.3 is 0 Å². The van der Waals surface area contributed by atoms with E-state index in [1.54, 1.807) is 11.8 Å². The summed E-state index contributed by atoms with van der Waals surface area (Å²) in [7, 11) is 0. The highest BCUT2D eigenvalue weighted by atomic mass is 32.2. The van der Waals surface area contributed by atoms with Gasteiger partial charge in [-0.05, 0) is 19.1 Å². The molecule has 1 fully saturated rings. The van der Waals surface area contributed by atoms with Crippen LogP contribution in [0.25, 0.3) is 0 Å². The summed E-state index contributed by atoms with van der Waals surface area (Å²) >= 11 is 1.74. The molecule has 1 aromatic rings. The van der Waals surface area contributed by atoms with Crippen LogP contribution in [0, 0.1) is 0 Å². The second-order valence-electron chi connectivity index (χ2n) is 2.86. The molecular formula is C8H11NOS. The third kappa shape index (κ3) is 1.59. The topological polar surface area (TPSA) is 26.0 Å². The number of hydrogen-bond acceptors (Lipinski definition) is 3. The molecule has 0 N–H and O–H groups in total. The molecule has 0 radical (unpaired) electrons. The Morgan fingerprint density at radius 3 is 3.18 bits per heavy atom. The Kier molecular flexibility index (Phi) is 1.90. The molecule has 60 valence electrons. The van der Waals surface area contributed by atoms with Crippen LogP contribution >= 0.6 is 11.8 Å². The van der Waals surface area contributed by atoms with E-state index in [9.17, 15) is 0 Å². The lowest BCUT2D eigenvalue weighted by Gasteiger charge is -1.88. The number of nitrogens with zero attached hydrogens (tertiary/aromatic N) is 1. The number of hydrogen-bond donors (Lipinski definition) is 0. The zero-order valence-corrected chi connectivity index (χ0v) is 7.36. The second kappa shape index (κ2) is 2.89. The highest BCUT2D eigenvalue weighted by Gasteiger charge is 2.27. The molecule has 0 aliphatic heterocycles. The first-order chi connectivity index (χ1) is 5.40. The minimum Gasteiger partial charge on any atom is -0.445 e. The van der Waals surface area contributed by atoms with E-state index in [4.69, 9.17) is 4.42 Å². The highest BCUT2D eigenvalue weighted by molar-refractivity contribution is 7.97. The minimum atomic E-state index is 0.693. The maximum Gasteiger partial charge on any atom is 0.204 e. The Morgan fingerprint density at radius 2 is 2.55 bits per heavy atom. The van der Waals surface area contributed by atoms with Crippen LogP contribution in [0.5, 0.6) is 0 Å². The molecule has 0 unspecified atom stereocenters. The Labute approximate surface area is 70.4 Å². The van der Waals surface area contributed by atoms with Crippen LogP contribution in [-0.4, -0.2) is 11.2 Å². The molecule has 1 aromatic heterocycles. The van der Waals surface area contributed by atoms with Crippen molar-refractivity contribution in [3.63, 3.8) is 0 Å². The lowest BCUT2D eigenvalue weighted by atomic mass is 10.3. The lowest BCUT2D eigenvalue weighted by Crippen LogP contribution is -1.75. The van der Waals surface area contributed by atoms with E-state index in [-0.39, 0.29) is 0 Å². The van der Waals surface area contributed by atoms with Gasteiger partial charge in [-0.25, -0.2) is 4.98 Å². The van der Waals surface area contributed by atoms with Crippen LogP contribution in [0.2, 0.25) is 0 Å². The zero-order chi connectivity index (χ0) is 7.68. The summed E-state index contributed by atoms with van der Waals surface area (Å²) in [6.07, 6.45) is 6.51. The first-order valence-electron chi connectivity index (χ1n) is 3.83. The average molecular weight is 169 g/mol. The Hall–Kier alpha value is -0.440. The lowest BCUT2D eigenvalue weighted by molar-refractivity contribution is 0.473. The van der Waals surface area contributed by atoms with Gasteiger partial charge in [-0.1, -0.05) is 0 Å². The molecule has 11 heavy (non-hydrogen) atoms. The minimum absolute atomic E-state index is 0.693. The molecule has 1 aliphatic rings.